The van der Waals surface area contributed by atoms with Gasteiger partial charge in [0, 0.05) is 5.88 Å². The topological polar surface area (TPSA) is 60.2 Å². The number of rotatable bonds is 5. The number of halogens is 1. The van der Waals surface area contributed by atoms with E-state index < -0.39 is 16.0 Å². The molecule has 4 nitrogen and oxygen atoms in total. The Hall–Kier alpha value is -1.07. The Kier molecular flexibility index (Phi) is 4.02. The molecule has 2 rings (SSSR count). The minimum atomic E-state index is -2.60. The molecule has 2 aromatic rings. The summed E-state index contributed by atoms with van der Waals surface area (Å²) in [5, 5.41) is -0.684. The lowest BCUT2D eigenvalue weighted by Crippen LogP contribution is -2.01. The summed E-state index contributed by atoms with van der Waals surface area (Å²) in [7, 11) is -2.60. The van der Waals surface area contributed by atoms with Gasteiger partial charge in [-0.1, -0.05) is 12.1 Å². The second-order valence-electron chi connectivity index (χ2n) is 3.65. The number of para-hydroxylation sites is 2. The number of oxazole rings is 1. The smallest absolute Gasteiger partial charge is 0.213 e. The molecule has 0 radical (unpaired) electrons. The predicted octanol–water partition coefficient (Wildman–Crippen LogP) is 2.50. The van der Waals surface area contributed by atoms with Crippen LogP contribution in [0.2, 0.25) is 0 Å². The van der Waals surface area contributed by atoms with Gasteiger partial charge in [0.1, 0.15) is 10.8 Å². The van der Waals surface area contributed by atoms with E-state index in [1.807, 2.05) is 12.1 Å². The first-order valence-corrected chi connectivity index (χ1v) is 7.05. The average Bonchev–Trinajstić information content (AvgIpc) is 2.72. The van der Waals surface area contributed by atoms with Crippen molar-refractivity contribution in [2.24, 2.45) is 0 Å². The molecule has 0 spiro atoms. The van der Waals surface area contributed by atoms with Gasteiger partial charge in [-0.15, -0.1) is 11.6 Å². The number of aromatic nitrogens is 1. The van der Waals surface area contributed by atoms with E-state index in [1.165, 1.54) is 0 Å². The summed E-state index contributed by atoms with van der Waals surface area (Å²) in [5.74, 6) is 0.687. The van der Waals surface area contributed by atoms with Crippen molar-refractivity contribution in [1.29, 1.82) is 0 Å². The van der Waals surface area contributed by atoms with E-state index in [4.69, 9.17) is 16.0 Å². The summed E-state index contributed by atoms with van der Waals surface area (Å²) in [4.78, 5) is 4.19. The van der Waals surface area contributed by atoms with Crippen LogP contribution in [-0.4, -0.2) is 19.3 Å². The van der Waals surface area contributed by atoms with Crippen LogP contribution in [0.3, 0.4) is 0 Å². The Morgan fingerprint density at radius 3 is 2.76 bits per heavy atom. The first-order chi connectivity index (χ1) is 8.22. The third-order valence-corrected chi connectivity index (χ3v) is 3.72. The monoisotopic (exact) mass is 273 g/mol. The molecular weight excluding hydrogens is 262 g/mol. The Balaban J connectivity index is 2.35. The first kappa shape index (κ1) is 12.4. The highest BCUT2D eigenvalue weighted by molar-refractivity contribution is 7.72. The number of hydrogen-bond donors (Lipinski definition) is 1. The largest absolute Gasteiger partial charge is 0.439 e. The van der Waals surface area contributed by atoms with Crippen molar-refractivity contribution in [2.45, 2.75) is 18.1 Å². The van der Waals surface area contributed by atoms with Crippen molar-refractivity contribution in [1.82, 2.24) is 4.98 Å². The molecule has 0 amide bonds. The van der Waals surface area contributed by atoms with Crippen molar-refractivity contribution in [3.05, 3.63) is 30.2 Å². The summed E-state index contributed by atoms with van der Waals surface area (Å²) < 4.78 is 27.8. The summed E-state index contributed by atoms with van der Waals surface area (Å²) in [6.07, 6.45) is 1.06. The number of nitrogens with zero attached hydrogens (tertiary/aromatic N) is 1. The van der Waals surface area contributed by atoms with Crippen LogP contribution in [0.25, 0.3) is 11.1 Å². The van der Waals surface area contributed by atoms with Crippen LogP contribution in [0.5, 0.6) is 0 Å². The van der Waals surface area contributed by atoms with Crippen LogP contribution in [0.1, 0.15) is 24.0 Å². The highest BCUT2D eigenvalue weighted by Crippen LogP contribution is 2.25. The van der Waals surface area contributed by atoms with Crippen LogP contribution < -0.4 is 0 Å². The van der Waals surface area contributed by atoms with E-state index in [-0.39, 0.29) is 5.89 Å². The van der Waals surface area contributed by atoms with Crippen molar-refractivity contribution < 1.29 is 12.8 Å². The molecule has 6 heteroatoms. The van der Waals surface area contributed by atoms with Crippen LogP contribution in [0, 0.1) is 0 Å². The minimum absolute atomic E-state index is 0.257. The third kappa shape index (κ3) is 2.79. The van der Waals surface area contributed by atoms with Crippen LogP contribution >= 0.6 is 11.6 Å². The molecule has 1 atom stereocenters. The zero-order chi connectivity index (χ0) is 12.3. The Bertz CT molecular complexity index is 538. The number of fused-ring (bicyclic) bond motifs is 1. The Morgan fingerprint density at radius 1 is 1.35 bits per heavy atom. The van der Waals surface area contributed by atoms with Crippen molar-refractivity contribution in [3.8, 4) is 0 Å². The van der Waals surface area contributed by atoms with Crippen molar-refractivity contribution in [2.75, 3.05) is 5.88 Å². The van der Waals surface area contributed by atoms with Crippen LogP contribution in [0.4, 0.5) is 0 Å². The molecule has 1 heterocycles. The van der Waals surface area contributed by atoms with E-state index in [0.717, 1.165) is 0 Å². The third-order valence-electron chi connectivity index (χ3n) is 2.46. The molecule has 1 unspecified atom stereocenters. The lowest BCUT2D eigenvalue weighted by Gasteiger charge is -2.03. The molecule has 0 N–H and O–H groups in total. The van der Waals surface area contributed by atoms with E-state index in [1.54, 1.807) is 12.1 Å². The summed E-state index contributed by atoms with van der Waals surface area (Å²) >= 11 is 5.57. The number of alkyl halides is 1. The maximum Gasteiger partial charge on any atom is 0.213 e. The van der Waals surface area contributed by atoms with Gasteiger partial charge in [0.05, 0.1) is 0 Å². The fourth-order valence-electron chi connectivity index (χ4n) is 1.62. The molecule has 0 bridgehead atoms. The van der Waals surface area contributed by atoms with Crippen molar-refractivity contribution >= 4 is 33.4 Å². The SMILES string of the molecule is O=[SH](=O)C(CCCCl)c1nc2ccccc2o1. The number of thiol groups is 1. The zero-order valence-corrected chi connectivity index (χ0v) is 10.7. The molecule has 1 aromatic carbocycles. The quantitative estimate of drug-likeness (QED) is 0.672. The van der Waals surface area contributed by atoms with Gasteiger partial charge in [0.2, 0.25) is 5.89 Å². The summed E-state index contributed by atoms with van der Waals surface area (Å²) in [6.45, 7) is 0. The Labute approximate surface area is 106 Å². The molecule has 0 saturated carbocycles. The fourth-order valence-corrected chi connectivity index (χ4v) is 2.46. The van der Waals surface area contributed by atoms with Gasteiger partial charge in [-0.25, -0.2) is 13.4 Å². The van der Waals surface area contributed by atoms with Gasteiger partial charge in [-0.3, -0.25) is 0 Å². The second kappa shape index (κ2) is 5.51. The standard InChI is InChI=1S/C11H12ClNO3S/c12-7-3-6-10(17(14)15)11-13-8-4-1-2-5-9(8)16-11/h1-2,4-5,10,17H,3,6-7H2. The van der Waals surface area contributed by atoms with Gasteiger partial charge in [-0.05, 0) is 25.0 Å². The molecule has 0 aliphatic carbocycles. The predicted molar refractivity (Wildman–Crippen MR) is 67.0 cm³/mol. The maximum absolute atomic E-state index is 11.2. The lowest BCUT2D eigenvalue weighted by molar-refractivity contribution is 0.496. The van der Waals surface area contributed by atoms with E-state index in [9.17, 15) is 8.42 Å². The minimum Gasteiger partial charge on any atom is -0.439 e. The Morgan fingerprint density at radius 2 is 2.12 bits per heavy atom. The highest BCUT2D eigenvalue weighted by atomic mass is 35.5. The van der Waals surface area contributed by atoms with Gasteiger partial charge in [0.25, 0.3) is 0 Å². The van der Waals surface area contributed by atoms with Crippen molar-refractivity contribution in [3.63, 3.8) is 0 Å². The molecule has 0 saturated heterocycles. The van der Waals surface area contributed by atoms with Gasteiger partial charge in [-0.2, -0.15) is 0 Å². The van der Waals surface area contributed by atoms with Gasteiger partial charge < -0.3 is 4.42 Å². The van der Waals surface area contributed by atoms with Gasteiger partial charge >= 0.3 is 0 Å². The molecular formula is C11H12ClNO3S. The maximum atomic E-state index is 11.2. The number of hydrogen-bond acceptors (Lipinski definition) is 4. The second-order valence-corrected chi connectivity index (χ2v) is 5.22. The first-order valence-electron chi connectivity index (χ1n) is 5.27. The van der Waals surface area contributed by atoms with Crippen LogP contribution in [-0.2, 0) is 10.7 Å². The van der Waals surface area contributed by atoms with E-state index in [0.29, 0.717) is 29.8 Å². The highest BCUT2D eigenvalue weighted by Gasteiger charge is 2.20. The van der Waals surface area contributed by atoms with E-state index in [2.05, 4.69) is 4.98 Å². The normalized spacial score (nSPS) is 13.3. The average molecular weight is 274 g/mol. The summed E-state index contributed by atoms with van der Waals surface area (Å²) in [5.41, 5.74) is 1.28. The molecule has 17 heavy (non-hydrogen) atoms. The zero-order valence-electron chi connectivity index (χ0n) is 9.01. The van der Waals surface area contributed by atoms with Gasteiger partial charge in [0.15, 0.2) is 16.3 Å². The molecule has 1 aromatic heterocycles. The molecule has 92 valence electrons. The number of benzene rings is 1. The van der Waals surface area contributed by atoms with Crippen LogP contribution in [0.15, 0.2) is 28.7 Å². The molecule has 0 aliphatic rings. The molecule has 0 aliphatic heterocycles. The fraction of sp³-hybridized carbons (Fsp3) is 0.364. The summed E-state index contributed by atoms with van der Waals surface area (Å²) in [6, 6.07) is 7.21. The lowest BCUT2D eigenvalue weighted by atomic mass is 10.2. The molecule has 0 fully saturated rings. The van der Waals surface area contributed by atoms with E-state index >= 15 is 0 Å².